The average molecular weight is 239 g/mol. The summed E-state index contributed by atoms with van der Waals surface area (Å²) in [6.45, 7) is 4.23. The molecule has 0 aliphatic heterocycles. The van der Waals surface area contributed by atoms with Crippen molar-refractivity contribution in [1.29, 1.82) is 0 Å². The molecule has 1 atom stereocenters. The van der Waals surface area contributed by atoms with Gasteiger partial charge in [-0.1, -0.05) is 20.3 Å². The molecule has 0 radical (unpaired) electrons. The second-order valence-corrected chi connectivity index (χ2v) is 5.44. The summed E-state index contributed by atoms with van der Waals surface area (Å²) in [6, 6.07) is 4.22. The van der Waals surface area contributed by atoms with Gasteiger partial charge < -0.3 is 5.73 Å². The molecule has 0 aromatic carbocycles. The summed E-state index contributed by atoms with van der Waals surface area (Å²) in [5.41, 5.74) is 5.85. The van der Waals surface area contributed by atoms with E-state index in [1.165, 1.54) is 9.75 Å². The Labute approximate surface area is 102 Å². The number of carbonyl (C=O) groups excluding carboxylic acids is 1. The van der Waals surface area contributed by atoms with Gasteiger partial charge in [0.1, 0.15) is 5.78 Å². The van der Waals surface area contributed by atoms with Crippen molar-refractivity contribution in [3.63, 3.8) is 0 Å². The minimum atomic E-state index is 0.0445. The normalized spacial score (nSPS) is 12.7. The Morgan fingerprint density at radius 3 is 2.62 bits per heavy atom. The number of nitrogens with two attached hydrogens (primary N) is 1. The maximum Gasteiger partial charge on any atom is 0.139 e. The zero-order valence-corrected chi connectivity index (χ0v) is 11.0. The predicted molar refractivity (Wildman–Crippen MR) is 69.9 cm³/mol. The van der Waals surface area contributed by atoms with Gasteiger partial charge in [0.25, 0.3) is 0 Å². The third-order valence-electron chi connectivity index (χ3n) is 2.59. The Kier molecular flexibility index (Phi) is 5.71. The monoisotopic (exact) mass is 239 g/mol. The Bertz CT molecular complexity index is 332. The van der Waals surface area contributed by atoms with E-state index >= 15 is 0 Å². The number of thiophene rings is 1. The molecule has 0 aliphatic rings. The molecule has 1 rings (SSSR count). The van der Waals surface area contributed by atoms with Crippen LogP contribution in [0.1, 0.15) is 42.9 Å². The highest BCUT2D eigenvalue weighted by atomic mass is 32.1. The summed E-state index contributed by atoms with van der Waals surface area (Å²) in [6.07, 6.45) is 4.12. The maximum atomic E-state index is 11.7. The van der Waals surface area contributed by atoms with Crippen molar-refractivity contribution in [2.45, 2.75) is 52.0 Å². The molecular weight excluding hydrogens is 218 g/mol. The molecule has 0 bridgehead atoms. The summed E-state index contributed by atoms with van der Waals surface area (Å²) in [5, 5.41) is 0. The van der Waals surface area contributed by atoms with Crippen LogP contribution in [0.25, 0.3) is 0 Å². The molecule has 2 N–H and O–H groups in total. The minimum absolute atomic E-state index is 0.0445. The molecule has 1 aromatic heterocycles. The second kappa shape index (κ2) is 6.81. The second-order valence-electron chi connectivity index (χ2n) is 4.19. The summed E-state index contributed by atoms with van der Waals surface area (Å²) < 4.78 is 0. The van der Waals surface area contributed by atoms with Crippen molar-refractivity contribution >= 4 is 17.1 Å². The molecule has 0 fully saturated rings. The summed E-state index contributed by atoms with van der Waals surface area (Å²) in [4.78, 5) is 14.2. The van der Waals surface area contributed by atoms with E-state index in [0.717, 1.165) is 19.3 Å². The van der Waals surface area contributed by atoms with Gasteiger partial charge in [0, 0.05) is 28.6 Å². The quantitative estimate of drug-likeness (QED) is 0.795. The van der Waals surface area contributed by atoms with Crippen LogP contribution < -0.4 is 5.73 Å². The lowest BCUT2D eigenvalue weighted by Crippen LogP contribution is -2.24. The van der Waals surface area contributed by atoms with E-state index < -0.39 is 0 Å². The van der Waals surface area contributed by atoms with E-state index in [2.05, 4.69) is 26.0 Å². The van der Waals surface area contributed by atoms with Crippen molar-refractivity contribution in [3.8, 4) is 0 Å². The molecule has 0 saturated heterocycles. The molecule has 1 aromatic rings. The first-order valence-electron chi connectivity index (χ1n) is 6.00. The molecule has 90 valence electrons. The van der Waals surface area contributed by atoms with E-state index in [0.29, 0.717) is 12.8 Å². The third kappa shape index (κ3) is 4.45. The van der Waals surface area contributed by atoms with Gasteiger partial charge in [-0.3, -0.25) is 4.79 Å². The molecule has 16 heavy (non-hydrogen) atoms. The molecule has 0 spiro atoms. The van der Waals surface area contributed by atoms with E-state index in [4.69, 9.17) is 5.73 Å². The SMILES string of the molecule is CCCC(N)CC(=O)Cc1ccc(CC)s1. The van der Waals surface area contributed by atoms with E-state index in [1.807, 2.05) is 0 Å². The van der Waals surface area contributed by atoms with Crippen LogP contribution in [0.15, 0.2) is 12.1 Å². The Morgan fingerprint density at radius 1 is 1.38 bits per heavy atom. The minimum Gasteiger partial charge on any atom is -0.327 e. The number of carbonyl (C=O) groups is 1. The van der Waals surface area contributed by atoms with Gasteiger partial charge in [-0.05, 0) is 25.0 Å². The van der Waals surface area contributed by atoms with Crippen molar-refractivity contribution in [3.05, 3.63) is 21.9 Å². The lowest BCUT2D eigenvalue weighted by Gasteiger charge is -2.08. The van der Waals surface area contributed by atoms with Crippen molar-refractivity contribution < 1.29 is 4.79 Å². The van der Waals surface area contributed by atoms with Gasteiger partial charge in [-0.15, -0.1) is 11.3 Å². The number of hydrogen-bond acceptors (Lipinski definition) is 3. The first kappa shape index (κ1) is 13.4. The maximum absolute atomic E-state index is 11.7. The lowest BCUT2D eigenvalue weighted by atomic mass is 10.0. The zero-order valence-electron chi connectivity index (χ0n) is 10.2. The van der Waals surface area contributed by atoms with Gasteiger partial charge in [0.2, 0.25) is 0 Å². The largest absolute Gasteiger partial charge is 0.327 e. The fraction of sp³-hybridized carbons (Fsp3) is 0.615. The van der Waals surface area contributed by atoms with Crippen LogP contribution in [-0.4, -0.2) is 11.8 Å². The first-order valence-corrected chi connectivity index (χ1v) is 6.82. The first-order chi connectivity index (χ1) is 7.65. The van der Waals surface area contributed by atoms with Crippen LogP contribution >= 0.6 is 11.3 Å². The van der Waals surface area contributed by atoms with Crippen molar-refractivity contribution in [2.24, 2.45) is 5.73 Å². The van der Waals surface area contributed by atoms with Crippen LogP contribution in [-0.2, 0) is 17.6 Å². The molecule has 1 heterocycles. The van der Waals surface area contributed by atoms with Gasteiger partial charge in [-0.2, -0.15) is 0 Å². The van der Waals surface area contributed by atoms with E-state index in [-0.39, 0.29) is 11.8 Å². The number of rotatable bonds is 7. The molecule has 2 nitrogen and oxygen atoms in total. The number of Topliss-reactive ketones (excluding diaryl/α,β-unsaturated/α-hetero) is 1. The summed E-state index contributed by atoms with van der Waals surface area (Å²) >= 11 is 1.74. The van der Waals surface area contributed by atoms with Crippen LogP contribution in [0.3, 0.4) is 0 Å². The highest BCUT2D eigenvalue weighted by Gasteiger charge is 2.10. The zero-order chi connectivity index (χ0) is 12.0. The fourth-order valence-corrected chi connectivity index (χ4v) is 2.73. The van der Waals surface area contributed by atoms with Gasteiger partial charge in [-0.25, -0.2) is 0 Å². The molecule has 0 saturated carbocycles. The molecular formula is C13H21NOS. The lowest BCUT2D eigenvalue weighted by molar-refractivity contribution is -0.118. The molecule has 1 unspecified atom stereocenters. The van der Waals surface area contributed by atoms with Gasteiger partial charge in [0.05, 0.1) is 0 Å². The van der Waals surface area contributed by atoms with Crippen LogP contribution in [0.5, 0.6) is 0 Å². The van der Waals surface area contributed by atoms with Gasteiger partial charge >= 0.3 is 0 Å². The Morgan fingerprint density at radius 2 is 2.06 bits per heavy atom. The highest BCUT2D eigenvalue weighted by molar-refractivity contribution is 7.12. The average Bonchev–Trinajstić information content (AvgIpc) is 2.65. The van der Waals surface area contributed by atoms with Crippen molar-refractivity contribution in [1.82, 2.24) is 0 Å². The molecule has 0 amide bonds. The third-order valence-corrected chi connectivity index (χ3v) is 3.82. The molecule has 0 aliphatic carbocycles. The van der Waals surface area contributed by atoms with Gasteiger partial charge in [0.15, 0.2) is 0 Å². The van der Waals surface area contributed by atoms with E-state index in [9.17, 15) is 4.79 Å². The predicted octanol–water partition coefficient (Wildman–Crippen LogP) is 2.94. The number of hydrogen-bond donors (Lipinski definition) is 1. The highest BCUT2D eigenvalue weighted by Crippen LogP contribution is 2.18. The summed E-state index contributed by atoms with van der Waals surface area (Å²) in [7, 11) is 0. The topological polar surface area (TPSA) is 43.1 Å². The van der Waals surface area contributed by atoms with E-state index in [1.54, 1.807) is 11.3 Å². The van der Waals surface area contributed by atoms with Crippen LogP contribution in [0.2, 0.25) is 0 Å². The van der Waals surface area contributed by atoms with Crippen molar-refractivity contribution in [2.75, 3.05) is 0 Å². The van der Waals surface area contributed by atoms with Crippen LogP contribution in [0.4, 0.5) is 0 Å². The Balaban J connectivity index is 2.39. The summed E-state index contributed by atoms with van der Waals surface area (Å²) in [5.74, 6) is 0.269. The number of ketones is 1. The molecule has 3 heteroatoms. The number of aryl methyl sites for hydroxylation is 1. The standard InChI is InChI=1S/C13H21NOS/c1-3-5-10(14)8-11(15)9-13-7-6-12(4-2)16-13/h6-7,10H,3-5,8-9,14H2,1-2H3. The van der Waals surface area contributed by atoms with Crippen LogP contribution in [0, 0.1) is 0 Å². The fourth-order valence-electron chi connectivity index (χ4n) is 1.74. The smallest absolute Gasteiger partial charge is 0.139 e. The Hall–Kier alpha value is -0.670.